The van der Waals surface area contributed by atoms with Gasteiger partial charge in [0, 0.05) is 12.8 Å². The van der Waals surface area contributed by atoms with Gasteiger partial charge in [-0.25, -0.2) is 0 Å². The van der Waals surface area contributed by atoms with E-state index in [1.165, 1.54) is 265 Å². The molecule has 0 amide bonds. The SMILES string of the molecule is O=C(OCCc1ccccc1)C1(C(=O)OCCc2ccccc2)C23c4c5c6c7c8c9c(c%10c%11c2c2c%12c4c4c%13c5c5c7c7c8c8c%14c9c%10c9c%10c%11c2c2c%11c%12c4c4c%12c%13c5c5c7c7c8c8c%14c9c9c%10c2c2c%11c4c4c%12c5c7c5c8c9c2c45)C613. The first-order chi connectivity index (χ1) is 41.2. The molecule has 0 saturated heterocycles. The summed E-state index contributed by atoms with van der Waals surface area (Å²) in [7, 11) is 0. The molecule has 0 bridgehead atoms. The molecule has 1 fully saturated rings. The predicted octanol–water partition coefficient (Wildman–Crippen LogP) is 18.9. The summed E-state index contributed by atoms with van der Waals surface area (Å²) >= 11 is 0. The first-order valence-electron chi connectivity index (χ1n) is 30.4. The quantitative estimate of drug-likeness (QED) is 0.0864. The zero-order valence-electron chi connectivity index (χ0n) is 42.7. The van der Waals surface area contributed by atoms with Crippen molar-refractivity contribution in [1.29, 1.82) is 0 Å². The molecule has 2 spiro atoms. The van der Waals surface area contributed by atoms with Crippen molar-refractivity contribution in [2.24, 2.45) is 5.41 Å². The maximum atomic E-state index is 17.5. The zero-order valence-corrected chi connectivity index (χ0v) is 42.7. The number of hydrogen-bond acceptors (Lipinski definition) is 4. The van der Waals surface area contributed by atoms with Crippen molar-refractivity contribution < 1.29 is 19.1 Å². The van der Waals surface area contributed by atoms with E-state index in [9.17, 15) is 0 Å². The largest absolute Gasteiger partial charge is 0.464 e. The molecule has 5 aliphatic carbocycles. The van der Waals surface area contributed by atoms with Crippen molar-refractivity contribution in [3.05, 3.63) is 94.0 Å². The van der Waals surface area contributed by atoms with Crippen LogP contribution in [0.15, 0.2) is 60.7 Å². The van der Waals surface area contributed by atoms with Gasteiger partial charge in [0.15, 0.2) is 5.41 Å². The van der Waals surface area contributed by atoms with Gasteiger partial charge in [-0.05, 0) is 324 Å². The van der Waals surface area contributed by atoms with Crippen molar-refractivity contribution in [1.82, 2.24) is 0 Å². The lowest BCUT2D eigenvalue weighted by molar-refractivity contribution is -0.166. The smallest absolute Gasteiger partial charge is 0.326 e. The minimum Gasteiger partial charge on any atom is -0.464 e. The van der Waals surface area contributed by atoms with E-state index in [4.69, 9.17) is 9.47 Å². The average Bonchev–Trinajstić information content (AvgIpc) is 1.36. The van der Waals surface area contributed by atoms with Crippen molar-refractivity contribution in [2.75, 3.05) is 13.2 Å². The number of carbonyl (C=O) groups excluding carboxylic acids is 2. The van der Waals surface area contributed by atoms with Gasteiger partial charge in [-0.15, -0.1) is 0 Å². The van der Waals surface area contributed by atoms with Gasteiger partial charge in [0.05, 0.1) is 24.0 Å². The highest BCUT2D eigenvalue weighted by Crippen LogP contribution is 2.97. The summed E-state index contributed by atoms with van der Waals surface area (Å²) in [5.74, 6) is -0.790. The number of benzene rings is 19. The highest BCUT2D eigenvalue weighted by atomic mass is 16.6. The molecule has 0 heterocycles. The minimum absolute atomic E-state index is 0.174. The van der Waals surface area contributed by atoms with E-state index >= 15 is 9.59 Å². The normalized spacial score (nSPS) is 21.0. The Kier molecular flexibility index (Phi) is 3.31. The van der Waals surface area contributed by atoms with Gasteiger partial charge >= 0.3 is 11.9 Å². The number of ether oxygens (including phenoxy) is 2. The van der Waals surface area contributed by atoms with Crippen LogP contribution in [-0.2, 0) is 42.7 Å². The van der Waals surface area contributed by atoms with E-state index in [1.54, 1.807) is 48.5 Å². The number of esters is 2. The van der Waals surface area contributed by atoms with Gasteiger partial charge in [0.1, 0.15) is 0 Å². The van der Waals surface area contributed by atoms with Crippen LogP contribution in [-0.4, -0.2) is 25.2 Å². The van der Waals surface area contributed by atoms with E-state index in [2.05, 4.69) is 48.5 Å². The zero-order chi connectivity index (χ0) is 50.6. The van der Waals surface area contributed by atoms with Crippen molar-refractivity contribution >= 4 is 303 Å². The fourth-order valence-corrected chi connectivity index (χ4v) is 27.3. The van der Waals surface area contributed by atoms with Crippen LogP contribution in [0.25, 0.3) is 291 Å². The van der Waals surface area contributed by atoms with Crippen LogP contribution in [0.4, 0.5) is 0 Å². The third-order valence-corrected chi connectivity index (χ3v) is 27.9. The molecule has 358 valence electrons. The molecular weight excluding hydrogens is 1010 g/mol. The lowest BCUT2D eigenvalue weighted by atomic mass is 9.69. The van der Waals surface area contributed by atoms with E-state index < -0.39 is 28.2 Å². The molecule has 0 N–H and O–H groups in total. The van der Waals surface area contributed by atoms with Crippen LogP contribution < -0.4 is 0 Å². The van der Waals surface area contributed by atoms with Gasteiger partial charge < -0.3 is 9.47 Å². The second-order valence-electron chi connectivity index (χ2n) is 28.7. The van der Waals surface area contributed by atoms with Crippen molar-refractivity contribution in [2.45, 2.75) is 23.7 Å². The van der Waals surface area contributed by atoms with Gasteiger partial charge in [0.25, 0.3) is 0 Å². The summed E-state index contributed by atoms with van der Waals surface area (Å²) in [5.41, 5.74) is 3.30. The third-order valence-electron chi connectivity index (χ3n) is 27.9. The van der Waals surface area contributed by atoms with Crippen molar-refractivity contribution in [3.8, 4) is 0 Å². The molecule has 5 aliphatic rings. The van der Waals surface area contributed by atoms with Gasteiger partial charge in [-0.2, -0.15) is 0 Å². The summed E-state index contributed by atoms with van der Waals surface area (Å²) < 4.78 is 14.3. The Hall–Kier alpha value is -10.2. The fraction of sp³-hybridized carbons (Fsp3) is 0.0886. The topological polar surface area (TPSA) is 52.6 Å². The molecule has 4 heteroatoms. The molecule has 0 aromatic heterocycles. The molecule has 35 rings (SSSR count). The minimum atomic E-state index is -1.76. The Labute approximate surface area is 455 Å². The van der Waals surface area contributed by atoms with Crippen LogP contribution in [0.1, 0.15) is 33.4 Å². The number of carbonyl (C=O) groups is 2. The molecule has 4 nitrogen and oxygen atoms in total. The third kappa shape index (κ3) is 2.00. The van der Waals surface area contributed by atoms with E-state index in [0.717, 1.165) is 11.1 Å². The first kappa shape index (κ1) is 33.6. The molecule has 1 saturated carbocycles. The Morgan fingerprint density at radius 2 is 0.398 bits per heavy atom. The predicted molar refractivity (Wildman–Crippen MR) is 339 cm³/mol. The molecule has 30 aromatic rings. The maximum Gasteiger partial charge on any atom is 0.326 e. The van der Waals surface area contributed by atoms with Crippen LogP contribution in [0.2, 0.25) is 0 Å². The summed E-state index contributed by atoms with van der Waals surface area (Å²) in [4.78, 5) is 35.0. The molecule has 0 radical (unpaired) electrons. The van der Waals surface area contributed by atoms with Gasteiger partial charge in [0.2, 0.25) is 0 Å². The molecule has 30 aromatic carbocycles. The first-order valence-corrected chi connectivity index (χ1v) is 30.4. The molecule has 0 aliphatic heterocycles. The highest BCUT2D eigenvalue weighted by molar-refractivity contribution is 6.82. The Morgan fingerprint density at radius 1 is 0.229 bits per heavy atom. The van der Waals surface area contributed by atoms with Crippen LogP contribution in [0, 0.1) is 5.41 Å². The van der Waals surface area contributed by atoms with E-state index in [1.807, 2.05) is 12.1 Å². The molecular formula is C79H18O4. The second-order valence-corrected chi connectivity index (χ2v) is 28.7. The second kappa shape index (κ2) is 8.19. The molecule has 2 unspecified atom stereocenters. The molecule has 83 heavy (non-hydrogen) atoms. The maximum absolute atomic E-state index is 17.5. The van der Waals surface area contributed by atoms with Crippen molar-refractivity contribution in [3.63, 3.8) is 0 Å². The summed E-state index contributed by atoms with van der Waals surface area (Å²) in [6.07, 6.45) is 1.12. The van der Waals surface area contributed by atoms with Crippen LogP contribution in [0.5, 0.6) is 0 Å². The van der Waals surface area contributed by atoms with E-state index in [-0.39, 0.29) is 13.2 Å². The highest BCUT2D eigenvalue weighted by Gasteiger charge is 3.02. The van der Waals surface area contributed by atoms with E-state index in [0.29, 0.717) is 12.8 Å². The Balaban J connectivity index is 0.947. The standard InChI is InChI=1S/C79H18O4/c80-75(82-13-11-15-7-3-1-4-8-15)79(76(81)83-14-12-16-9-5-2-6-10-16)77-71-64-57-45-37-28-19-17-18-20-23(19)32-39(37)47-48-40(32)38-29(20)31-27-22(18)25-24-21(17)26-30(28)43(45)51-49-35(26)33(24)41-42-34(25)36(27)50-52-44(31)46(38)58-60(48)69(68(71)59(47)57)72-65(58)63(52)67-56(50)54(42)61-53(41)55(49)66(62(51)64)73(77)70(61)74(67)78(72,77)79/h1-10H,11-14H2. The Bertz CT molecular complexity index is 7760. The fourth-order valence-electron chi connectivity index (χ4n) is 27.3. The summed E-state index contributed by atoms with van der Waals surface area (Å²) in [5, 5.41) is 79.9. The van der Waals surface area contributed by atoms with Gasteiger partial charge in [-0.1, -0.05) is 60.7 Å². The van der Waals surface area contributed by atoms with Crippen LogP contribution in [0.3, 0.4) is 0 Å². The monoisotopic (exact) mass is 1030 g/mol. The van der Waals surface area contributed by atoms with Crippen LogP contribution >= 0.6 is 0 Å². The Morgan fingerprint density at radius 3 is 0.627 bits per heavy atom. The number of rotatable bonds is 8. The average molecular weight is 1030 g/mol. The number of hydrogen-bond donors (Lipinski definition) is 0. The summed E-state index contributed by atoms with van der Waals surface area (Å²) in [6, 6.07) is 20.9. The molecule has 2 atom stereocenters. The lowest BCUT2D eigenvalue weighted by Crippen LogP contribution is -2.41. The van der Waals surface area contributed by atoms with Gasteiger partial charge in [-0.3, -0.25) is 9.59 Å². The summed E-state index contributed by atoms with van der Waals surface area (Å²) in [6.45, 7) is 0.348. The lowest BCUT2D eigenvalue weighted by Gasteiger charge is -2.30.